The topological polar surface area (TPSA) is 87.4 Å². The molecule has 5 nitrogen and oxygen atoms in total. The molecule has 0 saturated carbocycles. The summed E-state index contributed by atoms with van der Waals surface area (Å²) in [7, 11) is 0. The van der Waals surface area contributed by atoms with Crippen molar-refractivity contribution in [2.75, 3.05) is 6.54 Å². The van der Waals surface area contributed by atoms with Crippen molar-refractivity contribution in [3.63, 3.8) is 0 Å². The number of rotatable bonds is 10. The van der Waals surface area contributed by atoms with Crippen LogP contribution in [0.4, 0.5) is 0 Å². The van der Waals surface area contributed by atoms with Gasteiger partial charge in [0.25, 0.3) is 0 Å². The molecule has 28 heavy (non-hydrogen) atoms. The number of carbonyl (C=O) groups excluding carboxylic acids is 1. The van der Waals surface area contributed by atoms with E-state index in [0.717, 1.165) is 11.1 Å². The smallest absolute Gasteiger partial charge is 0.234 e. The van der Waals surface area contributed by atoms with E-state index in [9.17, 15) is 9.90 Å². The number of hydrogen-bond acceptors (Lipinski definition) is 4. The first-order valence-electron chi connectivity index (χ1n) is 9.33. The van der Waals surface area contributed by atoms with Gasteiger partial charge in [0.05, 0.1) is 18.2 Å². The Balaban J connectivity index is 0.00000392. The molecule has 2 aromatic carbocycles. The molecule has 2 aromatic rings. The van der Waals surface area contributed by atoms with Crippen LogP contribution in [0.15, 0.2) is 54.6 Å². The van der Waals surface area contributed by atoms with Crippen LogP contribution in [0.3, 0.4) is 0 Å². The third-order valence-electron chi connectivity index (χ3n) is 4.50. The fourth-order valence-corrected chi connectivity index (χ4v) is 2.90. The average Bonchev–Trinajstić information content (AvgIpc) is 2.67. The first-order valence-corrected chi connectivity index (χ1v) is 9.33. The van der Waals surface area contributed by atoms with Crippen molar-refractivity contribution in [1.82, 2.24) is 10.6 Å². The SMILES string of the molecule is [CH2-]C[C@@H](N)C(=O)N[C@@H](Cc1ccccc1)[C@H](O)CNCc1cccc(C)c1.[Y]. The molecule has 5 N–H and O–H groups in total. The Bertz CT molecular complexity index is 712. The zero-order valence-corrected chi connectivity index (χ0v) is 19.3. The predicted molar refractivity (Wildman–Crippen MR) is 109 cm³/mol. The molecule has 6 heteroatoms. The number of benzene rings is 2. The number of amides is 1. The first-order chi connectivity index (χ1) is 13.0. The third-order valence-corrected chi connectivity index (χ3v) is 4.50. The number of aryl methyl sites for hydroxylation is 1. The Hall–Kier alpha value is -1.11. The van der Waals surface area contributed by atoms with Crippen molar-refractivity contribution >= 4 is 5.91 Å². The fraction of sp³-hybridized carbons (Fsp3) is 0.364. The van der Waals surface area contributed by atoms with Crippen molar-refractivity contribution in [3.05, 3.63) is 78.2 Å². The van der Waals surface area contributed by atoms with Crippen LogP contribution in [0, 0.1) is 13.8 Å². The Morgan fingerprint density at radius 2 is 1.82 bits per heavy atom. The Morgan fingerprint density at radius 1 is 1.14 bits per heavy atom. The van der Waals surface area contributed by atoms with Crippen LogP contribution in [0.1, 0.15) is 23.1 Å². The molecule has 0 aliphatic carbocycles. The normalized spacial score (nSPS) is 13.9. The number of aliphatic hydroxyl groups is 1. The van der Waals surface area contributed by atoms with Gasteiger partial charge in [0.2, 0.25) is 5.91 Å². The van der Waals surface area contributed by atoms with Gasteiger partial charge in [-0.2, -0.15) is 6.42 Å². The van der Waals surface area contributed by atoms with E-state index in [-0.39, 0.29) is 38.6 Å². The Labute approximate surface area is 193 Å². The maximum atomic E-state index is 12.2. The van der Waals surface area contributed by atoms with E-state index in [1.54, 1.807) is 0 Å². The largest absolute Gasteiger partial charge is 0.390 e. The number of aliphatic hydroxyl groups excluding tert-OH is 1. The summed E-state index contributed by atoms with van der Waals surface area (Å²) in [6, 6.07) is 16.9. The van der Waals surface area contributed by atoms with Crippen molar-refractivity contribution in [2.45, 2.75) is 44.5 Å². The number of hydrogen-bond donors (Lipinski definition) is 4. The van der Waals surface area contributed by atoms with Crippen LogP contribution in [-0.2, 0) is 50.5 Å². The number of nitrogens with two attached hydrogens (primary N) is 1. The van der Waals surface area contributed by atoms with Crippen LogP contribution in [0.5, 0.6) is 0 Å². The molecule has 0 saturated heterocycles. The maximum Gasteiger partial charge on any atom is 0.234 e. The zero-order chi connectivity index (χ0) is 19.6. The standard InChI is InChI=1S/C22H30N3O2.Y/c1-3-19(23)22(27)25-20(13-17-9-5-4-6-10-17)21(26)15-24-14-18-11-7-8-16(2)12-18;/h4-12,19-21,24,26H,1,3,13-15,23H2,2H3,(H,25,27);/q-1;/t19-,20+,21-;/m1./s1. The molecule has 149 valence electrons. The monoisotopic (exact) mass is 457 g/mol. The summed E-state index contributed by atoms with van der Waals surface area (Å²) in [5.74, 6) is -0.288. The second kappa shape index (κ2) is 13.2. The molecule has 3 atom stereocenters. The van der Waals surface area contributed by atoms with Crippen LogP contribution >= 0.6 is 0 Å². The number of nitrogens with one attached hydrogen (secondary N) is 2. The first kappa shape index (κ1) is 24.9. The van der Waals surface area contributed by atoms with Gasteiger partial charge in [-0.1, -0.05) is 60.2 Å². The third kappa shape index (κ3) is 8.50. The fourth-order valence-electron chi connectivity index (χ4n) is 2.90. The molecular formula is C22H30N3O2Y-. The molecule has 2 rings (SSSR count). The maximum absolute atomic E-state index is 12.2. The molecule has 1 amide bonds. The molecule has 0 heterocycles. The molecule has 0 bridgehead atoms. The van der Waals surface area contributed by atoms with Gasteiger partial charge in [-0.15, -0.1) is 0 Å². The van der Waals surface area contributed by atoms with Crippen molar-refractivity contribution in [2.24, 2.45) is 5.73 Å². The molecule has 0 aliphatic heterocycles. The molecule has 0 spiro atoms. The van der Waals surface area contributed by atoms with Crippen molar-refractivity contribution in [3.8, 4) is 0 Å². The van der Waals surface area contributed by atoms with Crippen molar-refractivity contribution < 1.29 is 42.6 Å². The summed E-state index contributed by atoms with van der Waals surface area (Å²) in [5.41, 5.74) is 9.18. The Kier molecular flexibility index (Phi) is 11.7. The van der Waals surface area contributed by atoms with Gasteiger partial charge in [-0.05, 0) is 24.5 Å². The van der Waals surface area contributed by atoms with E-state index in [1.807, 2.05) is 42.5 Å². The van der Waals surface area contributed by atoms with E-state index >= 15 is 0 Å². The van der Waals surface area contributed by atoms with Gasteiger partial charge in [0.15, 0.2) is 0 Å². The second-order valence-electron chi connectivity index (χ2n) is 6.89. The van der Waals surface area contributed by atoms with E-state index in [4.69, 9.17) is 5.73 Å². The van der Waals surface area contributed by atoms with Gasteiger partial charge in [0.1, 0.15) is 0 Å². The minimum Gasteiger partial charge on any atom is -0.390 e. The van der Waals surface area contributed by atoms with Crippen LogP contribution in [-0.4, -0.2) is 35.7 Å². The molecule has 0 fully saturated rings. The second-order valence-corrected chi connectivity index (χ2v) is 6.89. The summed E-state index contributed by atoms with van der Waals surface area (Å²) >= 11 is 0. The van der Waals surface area contributed by atoms with E-state index in [2.05, 4.69) is 36.6 Å². The summed E-state index contributed by atoms with van der Waals surface area (Å²) in [5, 5.41) is 16.8. The number of carbonyl (C=O) groups is 1. The summed E-state index contributed by atoms with van der Waals surface area (Å²) in [4.78, 5) is 12.2. The predicted octanol–water partition coefficient (Wildman–Crippen LogP) is 1.72. The average molecular weight is 457 g/mol. The van der Waals surface area contributed by atoms with Crippen LogP contribution < -0.4 is 16.4 Å². The molecule has 0 aromatic heterocycles. The molecule has 0 aliphatic rings. The van der Waals surface area contributed by atoms with Gasteiger partial charge in [0, 0.05) is 45.8 Å². The summed E-state index contributed by atoms with van der Waals surface area (Å²) in [6.45, 7) is 6.75. The minimum atomic E-state index is -0.740. The summed E-state index contributed by atoms with van der Waals surface area (Å²) in [6.07, 6.45) is 0.103. The van der Waals surface area contributed by atoms with Crippen molar-refractivity contribution in [1.29, 1.82) is 0 Å². The van der Waals surface area contributed by atoms with E-state index in [1.165, 1.54) is 5.56 Å². The van der Waals surface area contributed by atoms with Crippen LogP contribution in [0.2, 0.25) is 0 Å². The Morgan fingerprint density at radius 3 is 2.46 bits per heavy atom. The van der Waals surface area contributed by atoms with Gasteiger partial charge in [-0.3, -0.25) is 4.79 Å². The van der Waals surface area contributed by atoms with E-state index in [0.29, 0.717) is 25.9 Å². The molecule has 0 unspecified atom stereocenters. The molecule has 1 radical (unpaired) electrons. The minimum absolute atomic E-state index is 0. The quantitative estimate of drug-likeness (QED) is 0.410. The van der Waals surface area contributed by atoms with Gasteiger partial charge in [-0.25, -0.2) is 0 Å². The van der Waals surface area contributed by atoms with Gasteiger partial charge < -0.3 is 28.4 Å². The zero-order valence-electron chi connectivity index (χ0n) is 16.5. The summed E-state index contributed by atoms with van der Waals surface area (Å²) < 4.78 is 0. The molecular weight excluding hydrogens is 427 g/mol. The van der Waals surface area contributed by atoms with Gasteiger partial charge >= 0.3 is 0 Å². The van der Waals surface area contributed by atoms with E-state index < -0.39 is 18.2 Å². The van der Waals surface area contributed by atoms with Crippen LogP contribution in [0.25, 0.3) is 0 Å².